The number of aromatic nitrogens is 2. The summed E-state index contributed by atoms with van der Waals surface area (Å²) in [5.41, 5.74) is 11.9. The van der Waals surface area contributed by atoms with Crippen LogP contribution in [-0.4, -0.2) is 21.9 Å². The molecule has 144 valence electrons. The molecule has 2 aromatic carbocycles. The standard InChI is InChI=1S/C22H21N3O2.ClH/c23-20(14-16-7-5-6-15(24-16)12-13-26)17-8-1-2-9-18(17)22-19-10-3-4-11-21(19)27-25-22;/h1-11,20,26H,12-14,23H2;1H. The van der Waals surface area contributed by atoms with Gasteiger partial charge in [-0.25, -0.2) is 0 Å². The Labute approximate surface area is 169 Å². The summed E-state index contributed by atoms with van der Waals surface area (Å²) in [5.74, 6) is 0. The van der Waals surface area contributed by atoms with Crippen LogP contribution in [0.2, 0.25) is 0 Å². The Kier molecular flexibility index (Phi) is 6.41. The third kappa shape index (κ3) is 4.07. The van der Waals surface area contributed by atoms with Crippen LogP contribution in [-0.2, 0) is 12.8 Å². The SMILES string of the molecule is Cl.NC(Cc1cccc(CCO)n1)c1ccccc1-c1noc2ccccc12. The molecule has 1 unspecified atom stereocenters. The molecule has 4 aromatic rings. The Hall–Kier alpha value is -2.73. The van der Waals surface area contributed by atoms with Crippen LogP contribution in [0.1, 0.15) is 23.0 Å². The average Bonchev–Trinajstić information content (AvgIpc) is 3.12. The van der Waals surface area contributed by atoms with Crippen LogP contribution in [0, 0.1) is 0 Å². The van der Waals surface area contributed by atoms with Gasteiger partial charge in [0.1, 0.15) is 5.69 Å². The van der Waals surface area contributed by atoms with Crippen LogP contribution < -0.4 is 5.73 Å². The van der Waals surface area contributed by atoms with E-state index in [2.05, 4.69) is 10.1 Å². The molecule has 0 aliphatic heterocycles. The second-order valence-electron chi connectivity index (χ2n) is 6.52. The van der Waals surface area contributed by atoms with E-state index >= 15 is 0 Å². The van der Waals surface area contributed by atoms with Gasteiger partial charge in [-0.1, -0.05) is 47.6 Å². The molecule has 2 aromatic heterocycles. The van der Waals surface area contributed by atoms with E-state index in [1.807, 2.05) is 66.7 Å². The molecule has 0 bridgehead atoms. The van der Waals surface area contributed by atoms with Gasteiger partial charge in [0.2, 0.25) is 0 Å². The van der Waals surface area contributed by atoms with E-state index in [0.29, 0.717) is 12.8 Å². The molecule has 5 nitrogen and oxygen atoms in total. The number of hydrogen-bond acceptors (Lipinski definition) is 5. The summed E-state index contributed by atoms with van der Waals surface area (Å²) >= 11 is 0. The Bertz CT molecular complexity index is 1060. The third-order valence-corrected chi connectivity index (χ3v) is 4.65. The summed E-state index contributed by atoms with van der Waals surface area (Å²) in [6.07, 6.45) is 1.15. The first-order valence-corrected chi connectivity index (χ1v) is 9.01. The number of aliphatic hydroxyl groups excluding tert-OH is 1. The van der Waals surface area contributed by atoms with Gasteiger partial charge in [-0.05, 0) is 29.8 Å². The largest absolute Gasteiger partial charge is 0.396 e. The van der Waals surface area contributed by atoms with E-state index in [1.54, 1.807) is 0 Å². The maximum atomic E-state index is 9.12. The molecule has 0 spiro atoms. The van der Waals surface area contributed by atoms with Crippen molar-refractivity contribution in [3.8, 4) is 11.3 Å². The fraction of sp³-hybridized carbons (Fsp3) is 0.182. The predicted molar refractivity (Wildman–Crippen MR) is 112 cm³/mol. The zero-order chi connectivity index (χ0) is 18.6. The zero-order valence-electron chi connectivity index (χ0n) is 15.3. The topological polar surface area (TPSA) is 85.2 Å². The van der Waals surface area contributed by atoms with Gasteiger partial charge in [-0.15, -0.1) is 12.4 Å². The second-order valence-corrected chi connectivity index (χ2v) is 6.52. The smallest absolute Gasteiger partial charge is 0.167 e. The number of halogens is 1. The van der Waals surface area contributed by atoms with Crippen molar-refractivity contribution in [1.29, 1.82) is 0 Å². The van der Waals surface area contributed by atoms with Gasteiger partial charge in [-0.2, -0.15) is 0 Å². The fourth-order valence-electron chi connectivity index (χ4n) is 3.35. The monoisotopic (exact) mass is 395 g/mol. The molecule has 4 rings (SSSR count). The van der Waals surface area contributed by atoms with Crippen LogP contribution in [0.4, 0.5) is 0 Å². The van der Waals surface area contributed by atoms with Crippen molar-refractivity contribution in [2.24, 2.45) is 5.73 Å². The molecule has 0 aliphatic rings. The van der Waals surface area contributed by atoms with E-state index in [-0.39, 0.29) is 25.1 Å². The van der Waals surface area contributed by atoms with Gasteiger partial charge in [0, 0.05) is 47.8 Å². The lowest BCUT2D eigenvalue weighted by molar-refractivity contribution is 0.298. The first kappa shape index (κ1) is 20.0. The average molecular weight is 396 g/mol. The lowest BCUT2D eigenvalue weighted by atomic mass is 9.94. The molecule has 1 atom stereocenters. The Morgan fingerprint density at radius 1 is 0.929 bits per heavy atom. The molecule has 0 saturated carbocycles. The maximum absolute atomic E-state index is 9.12. The first-order chi connectivity index (χ1) is 13.3. The number of benzene rings is 2. The van der Waals surface area contributed by atoms with Crippen molar-refractivity contribution in [3.05, 3.63) is 83.7 Å². The number of rotatable bonds is 6. The van der Waals surface area contributed by atoms with E-state index in [9.17, 15) is 0 Å². The Morgan fingerprint density at radius 2 is 1.68 bits per heavy atom. The van der Waals surface area contributed by atoms with Crippen molar-refractivity contribution in [3.63, 3.8) is 0 Å². The number of fused-ring (bicyclic) bond motifs is 1. The van der Waals surface area contributed by atoms with Gasteiger partial charge in [0.05, 0.1) is 0 Å². The molecule has 3 N–H and O–H groups in total. The Balaban J connectivity index is 0.00000225. The maximum Gasteiger partial charge on any atom is 0.167 e. The van der Waals surface area contributed by atoms with Crippen molar-refractivity contribution in [2.75, 3.05) is 6.61 Å². The number of aliphatic hydroxyl groups is 1. The molecule has 6 heteroatoms. The molecule has 2 heterocycles. The highest BCUT2D eigenvalue weighted by Gasteiger charge is 2.18. The van der Waals surface area contributed by atoms with Crippen molar-refractivity contribution >= 4 is 23.4 Å². The zero-order valence-corrected chi connectivity index (χ0v) is 16.1. The molecular formula is C22H22ClN3O2. The third-order valence-electron chi connectivity index (χ3n) is 4.65. The lowest BCUT2D eigenvalue weighted by Gasteiger charge is -2.16. The summed E-state index contributed by atoms with van der Waals surface area (Å²) in [4.78, 5) is 4.60. The summed E-state index contributed by atoms with van der Waals surface area (Å²) in [6.45, 7) is 0.0879. The van der Waals surface area contributed by atoms with Crippen LogP contribution in [0.15, 0.2) is 71.3 Å². The fourth-order valence-corrected chi connectivity index (χ4v) is 3.35. The Morgan fingerprint density at radius 3 is 2.54 bits per heavy atom. The first-order valence-electron chi connectivity index (χ1n) is 9.01. The lowest BCUT2D eigenvalue weighted by Crippen LogP contribution is -2.15. The highest BCUT2D eigenvalue weighted by Crippen LogP contribution is 2.33. The molecule has 0 radical (unpaired) electrons. The van der Waals surface area contributed by atoms with Gasteiger partial charge in [0.15, 0.2) is 5.58 Å². The quantitative estimate of drug-likeness (QED) is 0.513. The van der Waals surface area contributed by atoms with Gasteiger partial charge in [0.25, 0.3) is 0 Å². The molecule has 0 aliphatic carbocycles. The van der Waals surface area contributed by atoms with Crippen LogP contribution in [0.3, 0.4) is 0 Å². The van der Waals surface area contributed by atoms with E-state index in [1.165, 1.54) is 0 Å². The van der Waals surface area contributed by atoms with Crippen molar-refractivity contribution < 1.29 is 9.63 Å². The number of nitrogens with zero attached hydrogens (tertiary/aromatic N) is 2. The molecule has 0 saturated heterocycles. The van der Waals surface area contributed by atoms with Crippen molar-refractivity contribution in [1.82, 2.24) is 10.1 Å². The summed E-state index contributed by atoms with van der Waals surface area (Å²) < 4.78 is 5.47. The normalized spacial score (nSPS) is 11.9. The van der Waals surface area contributed by atoms with Gasteiger partial charge < -0.3 is 15.4 Å². The minimum absolute atomic E-state index is 0. The van der Waals surface area contributed by atoms with E-state index < -0.39 is 0 Å². The highest BCUT2D eigenvalue weighted by molar-refractivity contribution is 5.92. The highest BCUT2D eigenvalue weighted by atomic mass is 35.5. The predicted octanol–water partition coefficient (Wildman–Crippen LogP) is 4.09. The van der Waals surface area contributed by atoms with Gasteiger partial charge >= 0.3 is 0 Å². The van der Waals surface area contributed by atoms with Crippen molar-refractivity contribution in [2.45, 2.75) is 18.9 Å². The molecule has 0 amide bonds. The van der Waals surface area contributed by atoms with Gasteiger partial charge in [-0.3, -0.25) is 4.98 Å². The summed E-state index contributed by atoms with van der Waals surface area (Å²) in [6, 6.07) is 21.4. The molecule has 0 fully saturated rings. The minimum Gasteiger partial charge on any atom is -0.396 e. The van der Waals surface area contributed by atoms with Crippen LogP contribution >= 0.6 is 12.4 Å². The number of hydrogen-bond donors (Lipinski definition) is 2. The van der Waals surface area contributed by atoms with Crippen LogP contribution in [0.5, 0.6) is 0 Å². The number of para-hydroxylation sites is 1. The molecular weight excluding hydrogens is 374 g/mol. The summed E-state index contributed by atoms with van der Waals surface area (Å²) in [7, 11) is 0. The molecule has 28 heavy (non-hydrogen) atoms. The number of pyridine rings is 1. The van der Waals surface area contributed by atoms with E-state index in [0.717, 1.165) is 39.2 Å². The minimum atomic E-state index is -0.228. The second kappa shape index (κ2) is 8.97. The van der Waals surface area contributed by atoms with Crippen LogP contribution in [0.25, 0.3) is 22.2 Å². The number of nitrogens with two attached hydrogens (primary N) is 1. The summed E-state index contributed by atoms with van der Waals surface area (Å²) in [5, 5.41) is 14.4. The van der Waals surface area contributed by atoms with E-state index in [4.69, 9.17) is 15.4 Å².